The Morgan fingerprint density at radius 2 is 1.50 bits per heavy atom. The Hall–Kier alpha value is -2.98. The van der Waals surface area contributed by atoms with E-state index < -0.39 is 5.91 Å². The van der Waals surface area contributed by atoms with Crippen LogP contribution in [0.1, 0.15) is 15.9 Å². The van der Waals surface area contributed by atoms with Crippen molar-refractivity contribution in [3.05, 3.63) is 105 Å². The van der Waals surface area contributed by atoms with Crippen molar-refractivity contribution < 1.29 is 4.79 Å². The number of hydrogen-bond acceptors (Lipinski definition) is 1. The molecule has 0 radical (unpaired) electrons. The summed E-state index contributed by atoms with van der Waals surface area (Å²) in [4.78, 5) is 12.2. The Morgan fingerprint density at radius 1 is 0.781 bits per heavy atom. The summed E-state index contributed by atoms with van der Waals surface area (Å²) in [7, 11) is 0. The standard InChI is InChI=1S/C26H17Cl3N2O/c27-18-7-4-15(5-8-18)16-6-10-20-24(13-16)31(14-17-12-19(28)9-11-22(17)29)23-3-1-2-21(25(20)23)26(30)32/h1-13H,14H2,(H2,30,32). The first kappa shape index (κ1) is 20.9. The summed E-state index contributed by atoms with van der Waals surface area (Å²) in [5.74, 6) is -0.461. The first-order valence-electron chi connectivity index (χ1n) is 9.97. The van der Waals surface area contributed by atoms with Gasteiger partial charge >= 0.3 is 0 Å². The van der Waals surface area contributed by atoms with Crippen LogP contribution < -0.4 is 5.73 Å². The number of nitrogens with two attached hydrogens (primary N) is 1. The van der Waals surface area contributed by atoms with Gasteiger partial charge in [-0.15, -0.1) is 0 Å². The number of nitrogens with zero attached hydrogens (tertiary/aromatic N) is 1. The van der Waals surface area contributed by atoms with Gasteiger partial charge in [-0.25, -0.2) is 0 Å². The van der Waals surface area contributed by atoms with Gasteiger partial charge < -0.3 is 10.3 Å². The van der Waals surface area contributed by atoms with Crippen LogP contribution >= 0.6 is 34.8 Å². The zero-order chi connectivity index (χ0) is 22.4. The van der Waals surface area contributed by atoms with E-state index in [2.05, 4.69) is 10.6 Å². The highest BCUT2D eigenvalue weighted by Crippen LogP contribution is 2.36. The van der Waals surface area contributed by atoms with Gasteiger partial charge in [-0.05, 0) is 65.2 Å². The van der Waals surface area contributed by atoms with E-state index in [4.69, 9.17) is 40.5 Å². The molecule has 4 aromatic carbocycles. The number of benzene rings is 4. The maximum Gasteiger partial charge on any atom is 0.249 e. The van der Waals surface area contributed by atoms with Crippen molar-refractivity contribution in [3.63, 3.8) is 0 Å². The fraction of sp³-hybridized carbons (Fsp3) is 0.0385. The molecule has 0 unspecified atom stereocenters. The highest BCUT2D eigenvalue weighted by molar-refractivity contribution is 6.33. The second-order valence-electron chi connectivity index (χ2n) is 7.62. The number of hydrogen-bond donors (Lipinski definition) is 1. The van der Waals surface area contributed by atoms with Gasteiger partial charge in [-0.1, -0.05) is 65.1 Å². The average Bonchev–Trinajstić information content (AvgIpc) is 3.09. The van der Waals surface area contributed by atoms with Crippen LogP contribution in [0.4, 0.5) is 0 Å². The Labute approximate surface area is 199 Å². The fourth-order valence-electron chi connectivity index (χ4n) is 4.18. The summed E-state index contributed by atoms with van der Waals surface area (Å²) in [5, 5.41) is 3.71. The minimum absolute atomic E-state index is 0.461. The number of rotatable bonds is 4. The SMILES string of the molecule is NC(=O)c1cccc2c1c1ccc(-c3ccc(Cl)cc3)cc1n2Cc1cc(Cl)ccc1Cl. The highest BCUT2D eigenvalue weighted by atomic mass is 35.5. The van der Waals surface area contributed by atoms with E-state index >= 15 is 0 Å². The van der Waals surface area contributed by atoms with Crippen molar-refractivity contribution >= 4 is 62.5 Å². The summed E-state index contributed by atoms with van der Waals surface area (Å²) in [5.41, 5.74) is 11.0. The Kier molecular flexibility index (Phi) is 5.34. The molecule has 158 valence electrons. The molecule has 0 fully saturated rings. The third-order valence-corrected chi connectivity index (χ3v) is 6.53. The highest BCUT2D eigenvalue weighted by Gasteiger charge is 2.18. The minimum atomic E-state index is -0.461. The van der Waals surface area contributed by atoms with Crippen molar-refractivity contribution in [2.45, 2.75) is 6.54 Å². The fourth-order valence-corrected chi connectivity index (χ4v) is 4.67. The predicted octanol–water partition coefficient (Wildman–Crippen LogP) is 7.57. The van der Waals surface area contributed by atoms with Crippen LogP contribution in [-0.2, 0) is 6.54 Å². The average molecular weight is 480 g/mol. The van der Waals surface area contributed by atoms with E-state index in [1.807, 2.05) is 54.6 Å². The molecule has 0 aliphatic carbocycles. The number of carbonyl (C=O) groups is 1. The molecule has 5 rings (SSSR count). The molecule has 0 atom stereocenters. The molecule has 6 heteroatoms. The Balaban J connectivity index is 1.81. The lowest BCUT2D eigenvalue weighted by Gasteiger charge is -2.11. The molecule has 2 N–H and O–H groups in total. The second kappa shape index (κ2) is 8.18. The predicted molar refractivity (Wildman–Crippen MR) is 134 cm³/mol. The number of halogens is 3. The van der Waals surface area contributed by atoms with Gasteiger partial charge in [0.05, 0.1) is 11.0 Å². The van der Waals surface area contributed by atoms with Gasteiger partial charge in [0.25, 0.3) is 0 Å². The van der Waals surface area contributed by atoms with E-state index in [0.717, 1.165) is 38.5 Å². The molecule has 0 spiro atoms. The molecular formula is C26H17Cl3N2O. The van der Waals surface area contributed by atoms with Gasteiger partial charge in [0.15, 0.2) is 0 Å². The largest absolute Gasteiger partial charge is 0.366 e. The first-order valence-corrected chi connectivity index (χ1v) is 11.1. The van der Waals surface area contributed by atoms with Crippen LogP contribution in [0.3, 0.4) is 0 Å². The van der Waals surface area contributed by atoms with Gasteiger partial charge in [-0.2, -0.15) is 0 Å². The van der Waals surface area contributed by atoms with Crippen molar-refractivity contribution in [1.82, 2.24) is 4.57 Å². The monoisotopic (exact) mass is 478 g/mol. The molecule has 0 aliphatic rings. The van der Waals surface area contributed by atoms with E-state index in [0.29, 0.717) is 27.2 Å². The second-order valence-corrected chi connectivity index (χ2v) is 8.90. The van der Waals surface area contributed by atoms with Gasteiger partial charge in [0.1, 0.15) is 0 Å². The first-order chi connectivity index (χ1) is 15.4. The number of aromatic nitrogens is 1. The molecule has 3 nitrogen and oxygen atoms in total. The molecular weight excluding hydrogens is 463 g/mol. The molecule has 0 bridgehead atoms. The lowest BCUT2D eigenvalue weighted by atomic mass is 10.0. The van der Waals surface area contributed by atoms with Gasteiger partial charge in [-0.3, -0.25) is 4.79 Å². The number of carbonyl (C=O) groups excluding carboxylic acids is 1. The van der Waals surface area contributed by atoms with Crippen LogP contribution in [-0.4, -0.2) is 10.5 Å². The van der Waals surface area contributed by atoms with Gasteiger partial charge in [0, 0.05) is 37.9 Å². The molecule has 0 saturated carbocycles. The summed E-state index contributed by atoms with van der Waals surface area (Å²) < 4.78 is 2.15. The quantitative estimate of drug-likeness (QED) is 0.284. The van der Waals surface area contributed by atoms with Crippen LogP contribution in [0.5, 0.6) is 0 Å². The minimum Gasteiger partial charge on any atom is -0.366 e. The Bertz CT molecular complexity index is 1500. The number of primary amides is 1. The lowest BCUT2D eigenvalue weighted by Crippen LogP contribution is -2.11. The maximum atomic E-state index is 12.2. The number of fused-ring (bicyclic) bond motifs is 3. The maximum absolute atomic E-state index is 12.2. The molecule has 0 saturated heterocycles. The Morgan fingerprint density at radius 3 is 2.25 bits per heavy atom. The van der Waals surface area contributed by atoms with E-state index in [1.54, 1.807) is 18.2 Å². The van der Waals surface area contributed by atoms with Crippen molar-refractivity contribution in [1.29, 1.82) is 0 Å². The smallest absolute Gasteiger partial charge is 0.249 e. The van der Waals surface area contributed by atoms with Crippen LogP contribution in [0, 0.1) is 0 Å². The molecule has 0 aliphatic heterocycles. The lowest BCUT2D eigenvalue weighted by molar-refractivity contribution is 0.100. The third-order valence-electron chi connectivity index (χ3n) is 5.67. The zero-order valence-corrected chi connectivity index (χ0v) is 19.0. The van der Waals surface area contributed by atoms with Crippen molar-refractivity contribution in [2.24, 2.45) is 5.73 Å². The van der Waals surface area contributed by atoms with Crippen LogP contribution in [0.15, 0.2) is 78.9 Å². The number of amides is 1. The molecule has 1 heterocycles. The molecule has 1 amide bonds. The molecule has 32 heavy (non-hydrogen) atoms. The van der Waals surface area contributed by atoms with Crippen LogP contribution in [0.2, 0.25) is 15.1 Å². The summed E-state index contributed by atoms with van der Waals surface area (Å²) in [6.07, 6.45) is 0. The van der Waals surface area contributed by atoms with E-state index in [-0.39, 0.29) is 0 Å². The molecule has 5 aromatic rings. The topological polar surface area (TPSA) is 48.0 Å². The van der Waals surface area contributed by atoms with Crippen LogP contribution in [0.25, 0.3) is 32.9 Å². The summed E-state index contributed by atoms with van der Waals surface area (Å²) in [6, 6.07) is 24.9. The van der Waals surface area contributed by atoms with Gasteiger partial charge in [0.2, 0.25) is 5.91 Å². The summed E-state index contributed by atoms with van der Waals surface area (Å²) >= 11 is 18.8. The van der Waals surface area contributed by atoms with Crippen molar-refractivity contribution in [2.75, 3.05) is 0 Å². The van der Waals surface area contributed by atoms with Crippen molar-refractivity contribution in [3.8, 4) is 11.1 Å². The zero-order valence-electron chi connectivity index (χ0n) is 16.8. The third kappa shape index (κ3) is 3.63. The van der Waals surface area contributed by atoms with E-state index in [9.17, 15) is 4.79 Å². The van der Waals surface area contributed by atoms with E-state index in [1.165, 1.54) is 0 Å². The summed E-state index contributed by atoms with van der Waals surface area (Å²) in [6.45, 7) is 0.492. The molecule has 1 aromatic heterocycles. The normalized spacial score (nSPS) is 11.3.